The lowest BCUT2D eigenvalue weighted by Crippen LogP contribution is -1.94. The van der Waals surface area contributed by atoms with Crippen molar-refractivity contribution in [3.8, 4) is 0 Å². The molecule has 4 aromatic rings. The Balaban J connectivity index is 2.34. The van der Waals surface area contributed by atoms with E-state index < -0.39 is 0 Å². The predicted molar refractivity (Wildman–Crippen MR) is 89.0 cm³/mol. The highest BCUT2D eigenvalue weighted by Gasteiger charge is 2.11. The van der Waals surface area contributed by atoms with Crippen LogP contribution in [0.2, 0.25) is 0 Å². The number of rotatable bonds is 1. The smallest absolute Gasteiger partial charge is 0.160 e. The minimum atomic E-state index is 0.112. The van der Waals surface area contributed by atoms with E-state index in [0.29, 0.717) is 0 Å². The molecule has 0 N–H and O–H groups in total. The van der Waals surface area contributed by atoms with Crippen LogP contribution in [0.4, 0.5) is 0 Å². The normalized spacial score (nSPS) is 11.3. The van der Waals surface area contributed by atoms with Gasteiger partial charge in [-0.15, -0.1) is 0 Å². The monoisotopic (exact) mass is 270 g/mol. The van der Waals surface area contributed by atoms with Gasteiger partial charge in [-0.2, -0.15) is 0 Å². The zero-order valence-electron chi connectivity index (χ0n) is 11.8. The average molecular weight is 270 g/mol. The molecule has 0 bridgehead atoms. The molecule has 0 heterocycles. The summed E-state index contributed by atoms with van der Waals surface area (Å²) in [5.74, 6) is 0.112. The molecule has 0 aromatic heterocycles. The molecule has 4 rings (SSSR count). The van der Waals surface area contributed by atoms with E-state index in [1.807, 2.05) is 24.3 Å². The lowest BCUT2D eigenvalue weighted by Gasteiger charge is -2.11. The summed E-state index contributed by atoms with van der Waals surface area (Å²) in [5.41, 5.74) is 0.799. The first kappa shape index (κ1) is 12.1. The molecule has 0 aliphatic rings. The Labute approximate surface area is 122 Å². The second-order valence-corrected chi connectivity index (χ2v) is 5.41. The van der Waals surface area contributed by atoms with Crippen LogP contribution in [-0.2, 0) is 0 Å². The molecule has 1 heteroatoms. The van der Waals surface area contributed by atoms with E-state index in [1.54, 1.807) is 6.92 Å². The number of carbonyl (C=O) groups excluding carboxylic acids is 1. The highest BCUT2D eigenvalue weighted by atomic mass is 16.1. The number of benzene rings is 4. The third-order valence-electron chi connectivity index (χ3n) is 4.13. The number of hydrogen-bond donors (Lipinski definition) is 0. The fourth-order valence-electron chi connectivity index (χ4n) is 3.17. The van der Waals surface area contributed by atoms with E-state index in [2.05, 4.69) is 42.5 Å². The molecule has 0 fully saturated rings. The topological polar surface area (TPSA) is 17.1 Å². The van der Waals surface area contributed by atoms with Crippen molar-refractivity contribution in [2.45, 2.75) is 6.92 Å². The van der Waals surface area contributed by atoms with Gasteiger partial charge in [0.05, 0.1) is 0 Å². The molecule has 0 amide bonds. The van der Waals surface area contributed by atoms with E-state index in [9.17, 15) is 4.79 Å². The maximum absolute atomic E-state index is 12.0. The summed E-state index contributed by atoms with van der Waals surface area (Å²) in [7, 11) is 0. The summed E-state index contributed by atoms with van der Waals surface area (Å²) in [5, 5.41) is 7.00. The first-order chi connectivity index (χ1) is 10.3. The van der Waals surface area contributed by atoms with Gasteiger partial charge in [-0.3, -0.25) is 4.79 Å². The first-order valence-corrected chi connectivity index (χ1v) is 7.10. The van der Waals surface area contributed by atoms with Crippen LogP contribution in [0.3, 0.4) is 0 Å². The molecule has 0 atom stereocenters. The molecule has 0 unspecified atom stereocenters. The second kappa shape index (κ2) is 4.42. The van der Waals surface area contributed by atoms with Crippen molar-refractivity contribution in [3.05, 3.63) is 72.3 Å². The van der Waals surface area contributed by atoms with Gasteiger partial charge in [0.2, 0.25) is 0 Å². The minimum absolute atomic E-state index is 0.112. The lowest BCUT2D eigenvalue weighted by atomic mass is 9.92. The number of ketones is 1. The molecule has 21 heavy (non-hydrogen) atoms. The molecule has 0 saturated carbocycles. The minimum Gasteiger partial charge on any atom is -0.294 e. The molecular formula is C20H14O. The van der Waals surface area contributed by atoms with Crippen LogP contribution >= 0.6 is 0 Å². The highest BCUT2D eigenvalue weighted by molar-refractivity contribution is 6.24. The Bertz CT molecular complexity index is 1010. The fraction of sp³-hybridized carbons (Fsp3) is 0.0500. The Kier molecular flexibility index (Phi) is 2.55. The first-order valence-electron chi connectivity index (χ1n) is 7.10. The summed E-state index contributed by atoms with van der Waals surface area (Å²) >= 11 is 0. The van der Waals surface area contributed by atoms with Crippen molar-refractivity contribution in [2.24, 2.45) is 0 Å². The van der Waals surface area contributed by atoms with Gasteiger partial charge >= 0.3 is 0 Å². The second-order valence-electron chi connectivity index (χ2n) is 5.41. The van der Waals surface area contributed by atoms with E-state index in [4.69, 9.17) is 0 Å². The van der Waals surface area contributed by atoms with Gasteiger partial charge in [-0.25, -0.2) is 0 Å². The molecule has 0 radical (unpaired) electrons. The van der Waals surface area contributed by atoms with Gasteiger partial charge in [0.1, 0.15) is 0 Å². The number of fused-ring (bicyclic) bond motifs is 5. The molecule has 0 aliphatic heterocycles. The zero-order valence-corrected chi connectivity index (χ0v) is 11.8. The summed E-state index contributed by atoms with van der Waals surface area (Å²) in [6.45, 7) is 1.63. The van der Waals surface area contributed by atoms with Gasteiger partial charge in [0, 0.05) is 5.56 Å². The van der Waals surface area contributed by atoms with Crippen molar-refractivity contribution in [1.82, 2.24) is 0 Å². The molecule has 0 saturated heterocycles. The third-order valence-corrected chi connectivity index (χ3v) is 4.13. The van der Waals surface area contributed by atoms with Crippen LogP contribution in [-0.4, -0.2) is 5.78 Å². The standard InChI is InChI=1S/C20H14O/c1-13(21)19-12-15-11-10-14-6-2-3-7-16(14)20(15)18-9-5-4-8-17(18)19/h2-12H,1H3. The van der Waals surface area contributed by atoms with E-state index in [-0.39, 0.29) is 5.78 Å². The average Bonchev–Trinajstić information content (AvgIpc) is 2.53. The van der Waals surface area contributed by atoms with Crippen molar-refractivity contribution < 1.29 is 4.79 Å². The summed E-state index contributed by atoms with van der Waals surface area (Å²) < 4.78 is 0. The van der Waals surface area contributed by atoms with Crippen LogP contribution < -0.4 is 0 Å². The molecule has 4 aromatic carbocycles. The summed E-state index contributed by atoms with van der Waals surface area (Å²) in [4.78, 5) is 12.0. The number of carbonyl (C=O) groups is 1. The Morgan fingerprint density at radius 3 is 2.10 bits per heavy atom. The molecule has 0 aliphatic carbocycles. The predicted octanol–water partition coefficient (Wildman–Crippen LogP) is 5.35. The van der Waals surface area contributed by atoms with Crippen LogP contribution in [0.25, 0.3) is 32.3 Å². The number of Topliss-reactive ketones (excluding diaryl/α,β-unsaturated/α-hetero) is 1. The largest absolute Gasteiger partial charge is 0.294 e. The van der Waals surface area contributed by atoms with Gasteiger partial charge in [0.25, 0.3) is 0 Å². The van der Waals surface area contributed by atoms with Crippen LogP contribution in [0.1, 0.15) is 17.3 Å². The Morgan fingerprint density at radius 1 is 0.714 bits per heavy atom. The van der Waals surface area contributed by atoms with Crippen LogP contribution in [0.5, 0.6) is 0 Å². The molecule has 1 nitrogen and oxygen atoms in total. The maximum Gasteiger partial charge on any atom is 0.160 e. The van der Waals surface area contributed by atoms with E-state index in [1.165, 1.54) is 16.2 Å². The van der Waals surface area contributed by atoms with Crippen LogP contribution in [0.15, 0.2) is 66.7 Å². The fourth-order valence-corrected chi connectivity index (χ4v) is 3.17. The quantitative estimate of drug-likeness (QED) is 0.336. The third kappa shape index (κ3) is 1.74. The van der Waals surface area contributed by atoms with Crippen molar-refractivity contribution >= 4 is 38.1 Å². The van der Waals surface area contributed by atoms with Gasteiger partial charge in [-0.1, -0.05) is 60.7 Å². The lowest BCUT2D eigenvalue weighted by molar-refractivity contribution is 0.101. The highest BCUT2D eigenvalue weighted by Crippen LogP contribution is 2.34. The Hall–Kier alpha value is -2.67. The maximum atomic E-state index is 12.0. The molecule has 100 valence electrons. The van der Waals surface area contributed by atoms with Crippen molar-refractivity contribution in [2.75, 3.05) is 0 Å². The van der Waals surface area contributed by atoms with Gasteiger partial charge in [-0.05, 0) is 45.3 Å². The Morgan fingerprint density at radius 2 is 1.33 bits per heavy atom. The van der Waals surface area contributed by atoms with Gasteiger partial charge < -0.3 is 0 Å². The van der Waals surface area contributed by atoms with Crippen LogP contribution in [0, 0.1) is 0 Å². The van der Waals surface area contributed by atoms with Crippen molar-refractivity contribution in [3.63, 3.8) is 0 Å². The van der Waals surface area contributed by atoms with Crippen molar-refractivity contribution in [1.29, 1.82) is 0 Å². The molecular weight excluding hydrogens is 256 g/mol. The summed E-state index contributed by atoms with van der Waals surface area (Å²) in [6.07, 6.45) is 0. The SMILES string of the molecule is CC(=O)c1cc2ccc3ccccc3c2c2ccccc12. The number of hydrogen-bond acceptors (Lipinski definition) is 1. The van der Waals surface area contributed by atoms with E-state index in [0.717, 1.165) is 21.7 Å². The molecule has 0 spiro atoms. The summed E-state index contributed by atoms with van der Waals surface area (Å²) in [6, 6.07) is 22.8. The van der Waals surface area contributed by atoms with E-state index >= 15 is 0 Å². The van der Waals surface area contributed by atoms with Gasteiger partial charge in [0.15, 0.2) is 5.78 Å². The zero-order chi connectivity index (χ0) is 14.4.